The maximum absolute atomic E-state index is 12.0. The average molecular weight is 270 g/mol. The van der Waals surface area contributed by atoms with E-state index < -0.39 is 5.97 Å². The van der Waals surface area contributed by atoms with Gasteiger partial charge < -0.3 is 10.4 Å². The Morgan fingerprint density at radius 1 is 1.39 bits per heavy atom. The average Bonchev–Trinajstić information content (AvgIpc) is 2.56. The number of rotatable bonds is 5. The van der Waals surface area contributed by atoms with Crippen LogP contribution in [0.3, 0.4) is 0 Å². The summed E-state index contributed by atoms with van der Waals surface area (Å²) in [5.74, 6) is -1.08. The van der Waals surface area contributed by atoms with Crippen LogP contribution in [0.2, 0.25) is 0 Å². The van der Waals surface area contributed by atoms with Crippen molar-refractivity contribution in [3.63, 3.8) is 0 Å². The summed E-state index contributed by atoms with van der Waals surface area (Å²) in [6.07, 6.45) is -0.0692. The van der Waals surface area contributed by atoms with Crippen molar-refractivity contribution in [1.82, 2.24) is 10.3 Å². The van der Waals surface area contributed by atoms with Crippen molar-refractivity contribution in [3.8, 4) is 0 Å². The molecule has 0 fully saturated rings. The summed E-state index contributed by atoms with van der Waals surface area (Å²) in [6, 6.07) is -0.364. The maximum atomic E-state index is 12.0. The zero-order chi connectivity index (χ0) is 13.9. The number of aromatic nitrogens is 1. The van der Waals surface area contributed by atoms with Crippen molar-refractivity contribution in [1.29, 1.82) is 0 Å². The van der Waals surface area contributed by atoms with E-state index in [1.807, 2.05) is 20.8 Å². The van der Waals surface area contributed by atoms with Gasteiger partial charge in [0.1, 0.15) is 4.88 Å². The van der Waals surface area contributed by atoms with Gasteiger partial charge in [0.15, 0.2) is 0 Å². The first-order chi connectivity index (χ1) is 8.31. The zero-order valence-electron chi connectivity index (χ0n) is 11.0. The van der Waals surface area contributed by atoms with Crippen LogP contribution in [0.4, 0.5) is 0 Å². The van der Waals surface area contributed by atoms with Crippen LogP contribution in [0.5, 0.6) is 0 Å². The van der Waals surface area contributed by atoms with Gasteiger partial charge in [-0.2, -0.15) is 0 Å². The molecule has 0 aliphatic carbocycles. The molecule has 1 aromatic heterocycles. The van der Waals surface area contributed by atoms with Crippen LogP contribution in [0, 0.1) is 19.8 Å². The van der Waals surface area contributed by atoms with Gasteiger partial charge in [-0.15, -0.1) is 11.3 Å². The minimum absolute atomic E-state index is 0.0689. The lowest BCUT2D eigenvalue weighted by Gasteiger charge is -2.20. The van der Waals surface area contributed by atoms with Gasteiger partial charge in [0.2, 0.25) is 0 Å². The van der Waals surface area contributed by atoms with Gasteiger partial charge in [-0.25, -0.2) is 4.98 Å². The molecule has 1 heterocycles. The number of thiazole rings is 1. The number of carboxylic acids is 1. The molecule has 18 heavy (non-hydrogen) atoms. The molecule has 1 unspecified atom stereocenters. The second kappa shape index (κ2) is 5.95. The highest BCUT2D eigenvalue weighted by molar-refractivity contribution is 7.13. The summed E-state index contributed by atoms with van der Waals surface area (Å²) in [5.41, 5.74) is 0.688. The number of hydrogen-bond donors (Lipinski definition) is 2. The third kappa shape index (κ3) is 3.80. The van der Waals surface area contributed by atoms with Crippen molar-refractivity contribution in [2.24, 2.45) is 5.92 Å². The molecule has 0 radical (unpaired) electrons. The number of nitrogens with zero attached hydrogens (tertiary/aromatic N) is 1. The fourth-order valence-electron chi connectivity index (χ4n) is 1.62. The summed E-state index contributed by atoms with van der Waals surface area (Å²) in [6.45, 7) is 7.39. The number of aliphatic carboxylic acids is 1. The summed E-state index contributed by atoms with van der Waals surface area (Å²) in [5, 5.41) is 12.4. The van der Waals surface area contributed by atoms with Crippen molar-refractivity contribution in [3.05, 3.63) is 15.6 Å². The number of nitrogens with one attached hydrogen (secondary N) is 1. The van der Waals surface area contributed by atoms with Gasteiger partial charge in [0, 0.05) is 6.04 Å². The van der Waals surface area contributed by atoms with E-state index in [9.17, 15) is 9.59 Å². The number of amides is 1. The van der Waals surface area contributed by atoms with Gasteiger partial charge in [-0.05, 0) is 19.8 Å². The molecule has 6 heteroatoms. The van der Waals surface area contributed by atoms with Crippen LogP contribution >= 0.6 is 11.3 Å². The fraction of sp³-hybridized carbons (Fsp3) is 0.583. The molecule has 0 saturated carbocycles. The van der Waals surface area contributed by atoms with E-state index in [0.717, 1.165) is 5.01 Å². The molecule has 1 atom stereocenters. The molecule has 1 rings (SSSR count). The summed E-state index contributed by atoms with van der Waals surface area (Å²) < 4.78 is 0. The molecule has 0 aliphatic heterocycles. The Morgan fingerprint density at radius 3 is 2.39 bits per heavy atom. The first kappa shape index (κ1) is 14.6. The smallest absolute Gasteiger partial charge is 0.305 e. The van der Waals surface area contributed by atoms with Crippen LogP contribution in [0.1, 0.15) is 40.6 Å². The first-order valence-electron chi connectivity index (χ1n) is 5.78. The van der Waals surface area contributed by atoms with Crippen LogP contribution in [-0.2, 0) is 4.79 Å². The number of carboxylic acid groups (broad SMARTS) is 1. The molecule has 0 aromatic carbocycles. The topological polar surface area (TPSA) is 79.3 Å². The van der Waals surface area contributed by atoms with E-state index in [-0.39, 0.29) is 24.3 Å². The first-order valence-corrected chi connectivity index (χ1v) is 6.59. The van der Waals surface area contributed by atoms with Gasteiger partial charge >= 0.3 is 5.97 Å². The Morgan fingerprint density at radius 2 is 2.00 bits per heavy atom. The van der Waals surface area contributed by atoms with Crippen LogP contribution < -0.4 is 5.32 Å². The second-order valence-corrected chi connectivity index (χ2v) is 5.77. The molecule has 100 valence electrons. The van der Waals surface area contributed by atoms with Crippen molar-refractivity contribution in [2.45, 2.75) is 40.2 Å². The Labute approximate surface area is 110 Å². The molecule has 1 aromatic rings. The molecule has 2 N–H and O–H groups in total. The number of hydrogen-bond acceptors (Lipinski definition) is 4. The van der Waals surface area contributed by atoms with E-state index in [4.69, 9.17) is 5.11 Å². The van der Waals surface area contributed by atoms with E-state index >= 15 is 0 Å². The standard InChI is InChI=1S/C12H18N2O3S/c1-6(2)9(5-10(15)16)14-12(17)11-7(3)13-8(4)18-11/h6,9H,5H2,1-4H3,(H,14,17)(H,15,16). The lowest BCUT2D eigenvalue weighted by Crippen LogP contribution is -2.40. The normalized spacial score (nSPS) is 12.5. The predicted octanol–water partition coefficient (Wildman–Crippen LogP) is 1.99. The highest BCUT2D eigenvalue weighted by Crippen LogP contribution is 2.18. The summed E-state index contributed by atoms with van der Waals surface area (Å²) in [7, 11) is 0. The van der Waals surface area contributed by atoms with Crippen LogP contribution in [0.25, 0.3) is 0 Å². The maximum Gasteiger partial charge on any atom is 0.305 e. The number of carbonyl (C=O) groups is 2. The Balaban J connectivity index is 2.78. The van der Waals surface area contributed by atoms with Crippen molar-refractivity contribution in [2.75, 3.05) is 0 Å². The Hall–Kier alpha value is -1.43. The van der Waals surface area contributed by atoms with E-state index in [2.05, 4.69) is 10.3 Å². The van der Waals surface area contributed by atoms with Crippen LogP contribution in [0.15, 0.2) is 0 Å². The van der Waals surface area contributed by atoms with E-state index in [0.29, 0.717) is 10.6 Å². The summed E-state index contributed by atoms with van der Waals surface area (Å²) >= 11 is 1.32. The monoisotopic (exact) mass is 270 g/mol. The predicted molar refractivity (Wildman–Crippen MR) is 69.9 cm³/mol. The molecule has 1 amide bonds. The molecule has 0 aliphatic rings. The Bertz CT molecular complexity index is 454. The SMILES string of the molecule is Cc1nc(C)c(C(=O)NC(CC(=O)O)C(C)C)s1. The van der Waals surface area contributed by atoms with Crippen LogP contribution in [-0.4, -0.2) is 28.0 Å². The molecule has 0 bridgehead atoms. The van der Waals surface area contributed by atoms with Gasteiger partial charge in [0.25, 0.3) is 5.91 Å². The quantitative estimate of drug-likeness (QED) is 0.857. The van der Waals surface area contributed by atoms with E-state index in [1.54, 1.807) is 6.92 Å². The zero-order valence-corrected chi connectivity index (χ0v) is 11.8. The van der Waals surface area contributed by atoms with Gasteiger partial charge in [-0.3, -0.25) is 9.59 Å². The highest BCUT2D eigenvalue weighted by atomic mass is 32.1. The van der Waals surface area contributed by atoms with E-state index in [1.165, 1.54) is 11.3 Å². The van der Waals surface area contributed by atoms with Crippen molar-refractivity contribution >= 4 is 23.2 Å². The highest BCUT2D eigenvalue weighted by Gasteiger charge is 2.22. The largest absolute Gasteiger partial charge is 0.481 e. The minimum Gasteiger partial charge on any atom is -0.481 e. The molecule has 0 spiro atoms. The lowest BCUT2D eigenvalue weighted by molar-refractivity contribution is -0.137. The minimum atomic E-state index is -0.911. The lowest BCUT2D eigenvalue weighted by atomic mass is 10.0. The second-order valence-electron chi connectivity index (χ2n) is 4.57. The summed E-state index contributed by atoms with van der Waals surface area (Å²) in [4.78, 5) is 27.5. The third-order valence-electron chi connectivity index (χ3n) is 2.63. The molecule has 5 nitrogen and oxygen atoms in total. The van der Waals surface area contributed by atoms with Gasteiger partial charge in [0.05, 0.1) is 17.1 Å². The number of aryl methyl sites for hydroxylation is 2. The van der Waals surface area contributed by atoms with Crippen molar-refractivity contribution < 1.29 is 14.7 Å². The van der Waals surface area contributed by atoms with Gasteiger partial charge in [-0.1, -0.05) is 13.8 Å². The molecular weight excluding hydrogens is 252 g/mol. The fourth-order valence-corrected chi connectivity index (χ4v) is 2.44. The third-order valence-corrected chi connectivity index (χ3v) is 3.70. The molecule has 0 saturated heterocycles. The molecular formula is C12H18N2O3S. The number of carbonyl (C=O) groups excluding carboxylic acids is 1. The Kier molecular flexibility index (Phi) is 4.84.